The number of aryl methyl sites for hydroxylation is 1. The molecular formula is C15H20N2O4. The van der Waals surface area contributed by atoms with Gasteiger partial charge in [-0.05, 0) is 18.6 Å². The normalized spacial score (nSPS) is 30.6. The number of hydrogen-bond acceptors (Lipinski definition) is 4. The maximum atomic E-state index is 12.4. The van der Waals surface area contributed by atoms with Crippen LogP contribution in [0.4, 0.5) is 0 Å². The summed E-state index contributed by atoms with van der Waals surface area (Å²) in [4.78, 5) is 24.3. The van der Waals surface area contributed by atoms with E-state index >= 15 is 0 Å². The van der Waals surface area contributed by atoms with Gasteiger partial charge in [-0.3, -0.25) is 9.59 Å². The van der Waals surface area contributed by atoms with Gasteiger partial charge in [0.05, 0.1) is 12.7 Å². The van der Waals surface area contributed by atoms with Crippen molar-refractivity contribution in [2.75, 3.05) is 20.3 Å². The number of methoxy groups -OCH3 is 1. The standard InChI is InChI=1S/C15H20N2O4/c1-17-6-3-4-10(15(17)19)14(18)16-12-9-5-7-21-13(9)11(12)8-20-2/h3-4,6,9,11-13H,5,7-8H2,1-2H3,(H,16,18)/t9-,11+,12+,13-/m0/s1. The van der Waals surface area contributed by atoms with Crippen molar-refractivity contribution >= 4 is 5.91 Å². The molecule has 0 aromatic carbocycles. The van der Waals surface area contributed by atoms with Gasteiger partial charge >= 0.3 is 0 Å². The quantitative estimate of drug-likeness (QED) is 0.858. The van der Waals surface area contributed by atoms with E-state index in [-0.39, 0.29) is 35.1 Å². The summed E-state index contributed by atoms with van der Waals surface area (Å²) in [5, 5.41) is 2.99. The topological polar surface area (TPSA) is 69.6 Å². The summed E-state index contributed by atoms with van der Waals surface area (Å²) in [7, 11) is 3.28. The number of nitrogens with one attached hydrogen (secondary N) is 1. The van der Waals surface area contributed by atoms with Gasteiger partial charge in [-0.15, -0.1) is 0 Å². The number of hydrogen-bond donors (Lipinski definition) is 1. The first kappa shape index (κ1) is 14.3. The number of rotatable bonds is 4. The monoisotopic (exact) mass is 292 g/mol. The van der Waals surface area contributed by atoms with Crippen molar-refractivity contribution in [2.45, 2.75) is 18.6 Å². The average molecular weight is 292 g/mol. The molecule has 1 aromatic rings. The van der Waals surface area contributed by atoms with Crippen molar-refractivity contribution in [1.82, 2.24) is 9.88 Å². The molecule has 6 nitrogen and oxygen atoms in total. The third kappa shape index (κ3) is 2.38. The van der Waals surface area contributed by atoms with E-state index in [4.69, 9.17) is 9.47 Å². The molecule has 2 aliphatic rings. The lowest BCUT2D eigenvalue weighted by atomic mass is 9.67. The van der Waals surface area contributed by atoms with Crippen LogP contribution in [0.3, 0.4) is 0 Å². The first-order chi connectivity index (χ1) is 10.1. The zero-order valence-corrected chi connectivity index (χ0v) is 12.2. The smallest absolute Gasteiger partial charge is 0.263 e. The number of ether oxygens (including phenoxy) is 2. The summed E-state index contributed by atoms with van der Waals surface area (Å²) in [5.41, 5.74) is -0.102. The Morgan fingerprint density at radius 1 is 1.57 bits per heavy atom. The Kier molecular flexibility index (Phi) is 3.82. The molecule has 2 heterocycles. The number of nitrogens with zero attached hydrogens (tertiary/aromatic N) is 1. The van der Waals surface area contributed by atoms with E-state index in [1.165, 1.54) is 4.57 Å². The zero-order chi connectivity index (χ0) is 15.0. The molecule has 1 N–H and O–H groups in total. The fraction of sp³-hybridized carbons (Fsp3) is 0.600. The van der Waals surface area contributed by atoms with E-state index < -0.39 is 0 Å². The molecule has 3 rings (SSSR count). The average Bonchev–Trinajstić information content (AvgIpc) is 2.89. The minimum absolute atomic E-state index is 0.0230. The Bertz CT molecular complexity index is 598. The molecule has 0 spiro atoms. The van der Waals surface area contributed by atoms with Crippen molar-refractivity contribution in [1.29, 1.82) is 0 Å². The number of fused-ring (bicyclic) bond motifs is 1. The first-order valence-corrected chi connectivity index (χ1v) is 7.20. The van der Waals surface area contributed by atoms with Gasteiger partial charge in [0.2, 0.25) is 0 Å². The van der Waals surface area contributed by atoms with Crippen molar-refractivity contribution < 1.29 is 14.3 Å². The molecule has 2 fully saturated rings. The molecule has 1 saturated heterocycles. The fourth-order valence-corrected chi connectivity index (χ4v) is 3.43. The van der Waals surface area contributed by atoms with Crippen LogP contribution in [0, 0.1) is 11.8 Å². The summed E-state index contributed by atoms with van der Waals surface area (Å²) in [5.74, 6) is 0.188. The van der Waals surface area contributed by atoms with Crippen LogP contribution in [0.15, 0.2) is 23.1 Å². The Balaban J connectivity index is 1.75. The molecule has 21 heavy (non-hydrogen) atoms. The Morgan fingerprint density at radius 2 is 2.38 bits per heavy atom. The maximum Gasteiger partial charge on any atom is 0.263 e. The number of amides is 1. The highest BCUT2D eigenvalue weighted by atomic mass is 16.5. The van der Waals surface area contributed by atoms with Crippen LogP contribution in [0.5, 0.6) is 0 Å². The highest BCUT2D eigenvalue weighted by molar-refractivity contribution is 5.94. The molecule has 114 valence electrons. The van der Waals surface area contributed by atoms with Gasteiger partial charge in [0.25, 0.3) is 11.5 Å². The summed E-state index contributed by atoms with van der Waals surface area (Å²) in [6, 6.07) is 3.28. The minimum atomic E-state index is -0.312. The molecule has 0 unspecified atom stereocenters. The van der Waals surface area contributed by atoms with Gasteiger partial charge in [0.1, 0.15) is 5.56 Å². The van der Waals surface area contributed by atoms with E-state index in [1.54, 1.807) is 32.5 Å². The second kappa shape index (κ2) is 5.61. The number of aromatic nitrogens is 1. The van der Waals surface area contributed by atoms with Crippen LogP contribution in [0.1, 0.15) is 16.8 Å². The van der Waals surface area contributed by atoms with Crippen molar-refractivity contribution in [3.8, 4) is 0 Å². The SMILES string of the molecule is COC[C@@H]1[C@H](NC(=O)c2cccn(C)c2=O)[C@@H]2CCO[C@H]12. The Morgan fingerprint density at radius 3 is 3.14 bits per heavy atom. The maximum absolute atomic E-state index is 12.4. The molecule has 0 bridgehead atoms. The van der Waals surface area contributed by atoms with Gasteiger partial charge in [-0.25, -0.2) is 0 Å². The van der Waals surface area contributed by atoms with E-state index in [0.717, 1.165) is 13.0 Å². The predicted octanol–water partition coefficient (Wildman–Crippen LogP) is 0.165. The lowest BCUT2D eigenvalue weighted by Gasteiger charge is -2.47. The van der Waals surface area contributed by atoms with Crippen LogP contribution in [0.2, 0.25) is 0 Å². The predicted molar refractivity (Wildman–Crippen MR) is 76.2 cm³/mol. The van der Waals surface area contributed by atoms with Gasteiger partial charge in [0.15, 0.2) is 0 Å². The molecule has 1 aromatic heterocycles. The molecule has 4 atom stereocenters. The summed E-state index contributed by atoms with van der Waals surface area (Å²) < 4.78 is 12.3. The van der Waals surface area contributed by atoms with E-state index in [1.807, 2.05) is 0 Å². The van der Waals surface area contributed by atoms with Gasteiger partial charge in [0, 0.05) is 44.8 Å². The van der Waals surface area contributed by atoms with Crippen LogP contribution in [-0.2, 0) is 16.5 Å². The highest BCUT2D eigenvalue weighted by Gasteiger charge is 2.54. The lowest BCUT2D eigenvalue weighted by molar-refractivity contribution is -0.0809. The Hall–Kier alpha value is -1.66. The lowest BCUT2D eigenvalue weighted by Crippen LogP contribution is -2.63. The van der Waals surface area contributed by atoms with Crippen LogP contribution in [-0.4, -0.2) is 42.9 Å². The Labute approximate surface area is 123 Å². The number of carbonyl (C=O) groups excluding carboxylic acids is 1. The fourth-order valence-electron chi connectivity index (χ4n) is 3.43. The summed E-state index contributed by atoms with van der Waals surface area (Å²) >= 11 is 0. The second-order valence-corrected chi connectivity index (χ2v) is 5.74. The summed E-state index contributed by atoms with van der Waals surface area (Å²) in [6.45, 7) is 1.29. The van der Waals surface area contributed by atoms with Crippen molar-refractivity contribution in [3.05, 3.63) is 34.2 Å². The molecule has 1 saturated carbocycles. The van der Waals surface area contributed by atoms with Crippen LogP contribution in [0.25, 0.3) is 0 Å². The van der Waals surface area contributed by atoms with Crippen molar-refractivity contribution in [3.63, 3.8) is 0 Å². The molecular weight excluding hydrogens is 272 g/mol. The molecule has 0 radical (unpaired) electrons. The van der Waals surface area contributed by atoms with Crippen LogP contribution >= 0.6 is 0 Å². The number of pyridine rings is 1. The van der Waals surface area contributed by atoms with Crippen molar-refractivity contribution in [2.24, 2.45) is 18.9 Å². The first-order valence-electron chi connectivity index (χ1n) is 7.20. The molecule has 6 heteroatoms. The largest absolute Gasteiger partial charge is 0.384 e. The molecule has 1 amide bonds. The van der Waals surface area contributed by atoms with Gasteiger partial charge < -0.3 is 19.4 Å². The zero-order valence-electron chi connectivity index (χ0n) is 12.2. The molecule has 1 aliphatic heterocycles. The van der Waals surface area contributed by atoms with Crippen LogP contribution < -0.4 is 10.9 Å². The summed E-state index contributed by atoms with van der Waals surface area (Å²) in [6.07, 6.45) is 2.76. The highest BCUT2D eigenvalue weighted by Crippen LogP contribution is 2.43. The number of carbonyl (C=O) groups is 1. The third-order valence-electron chi connectivity index (χ3n) is 4.55. The van der Waals surface area contributed by atoms with Gasteiger partial charge in [-0.2, -0.15) is 0 Å². The second-order valence-electron chi connectivity index (χ2n) is 5.74. The van der Waals surface area contributed by atoms with E-state index in [0.29, 0.717) is 12.5 Å². The van der Waals surface area contributed by atoms with E-state index in [2.05, 4.69) is 5.32 Å². The molecule has 1 aliphatic carbocycles. The third-order valence-corrected chi connectivity index (χ3v) is 4.55. The van der Waals surface area contributed by atoms with Gasteiger partial charge in [-0.1, -0.05) is 0 Å². The van der Waals surface area contributed by atoms with E-state index in [9.17, 15) is 9.59 Å². The minimum Gasteiger partial charge on any atom is -0.384 e.